The van der Waals surface area contributed by atoms with E-state index < -0.39 is 0 Å². The summed E-state index contributed by atoms with van der Waals surface area (Å²) in [5.74, 6) is 1.72. The highest BCUT2D eigenvalue weighted by Gasteiger charge is 2.19. The molecule has 0 radical (unpaired) electrons. The van der Waals surface area contributed by atoms with Crippen molar-refractivity contribution in [1.29, 1.82) is 0 Å². The molecule has 140 valence electrons. The van der Waals surface area contributed by atoms with Crippen LogP contribution < -0.4 is 9.47 Å². The predicted molar refractivity (Wildman–Crippen MR) is 105 cm³/mol. The van der Waals surface area contributed by atoms with Gasteiger partial charge in [0.05, 0.1) is 14.2 Å². The van der Waals surface area contributed by atoms with E-state index in [9.17, 15) is 4.79 Å². The monoisotopic (exact) mass is 355 g/mol. The van der Waals surface area contributed by atoms with Gasteiger partial charge in [-0.1, -0.05) is 37.3 Å². The minimum atomic E-state index is 0.160. The molecule has 0 aliphatic rings. The smallest absolute Gasteiger partial charge is 0.223 e. The van der Waals surface area contributed by atoms with Gasteiger partial charge in [-0.25, -0.2) is 0 Å². The highest BCUT2D eigenvalue weighted by Crippen LogP contribution is 2.25. The lowest BCUT2D eigenvalue weighted by Crippen LogP contribution is -2.37. The molecule has 0 spiro atoms. The molecule has 2 aromatic rings. The Kier molecular flexibility index (Phi) is 7.52. The number of carbonyl (C=O) groups is 1. The van der Waals surface area contributed by atoms with Gasteiger partial charge >= 0.3 is 0 Å². The number of ether oxygens (including phenoxy) is 2. The first-order chi connectivity index (χ1) is 12.6. The zero-order chi connectivity index (χ0) is 18.9. The molecule has 0 bridgehead atoms. The van der Waals surface area contributed by atoms with Crippen molar-refractivity contribution >= 4 is 5.91 Å². The summed E-state index contributed by atoms with van der Waals surface area (Å²) in [4.78, 5) is 14.9. The largest absolute Gasteiger partial charge is 0.497 e. The molecular weight excluding hydrogens is 326 g/mol. The molecular formula is C22H29NO3. The van der Waals surface area contributed by atoms with E-state index in [1.165, 1.54) is 0 Å². The number of rotatable bonds is 9. The highest BCUT2D eigenvalue weighted by molar-refractivity contribution is 5.77. The average molecular weight is 355 g/mol. The molecule has 0 saturated carbocycles. The summed E-state index contributed by atoms with van der Waals surface area (Å²) in [6.07, 6.45) is 2.00. The van der Waals surface area contributed by atoms with Crippen LogP contribution in [0.3, 0.4) is 0 Å². The van der Waals surface area contributed by atoms with Crippen LogP contribution in [0.15, 0.2) is 48.5 Å². The Bertz CT molecular complexity index is 700. The zero-order valence-electron chi connectivity index (χ0n) is 16.2. The summed E-state index contributed by atoms with van der Waals surface area (Å²) >= 11 is 0. The Hall–Kier alpha value is -2.49. The van der Waals surface area contributed by atoms with Gasteiger partial charge in [0.2, 0.25) is 5.91 Å². The van der Waals surface area contributed by atoms with Crippen molar-refractivity contribution in [1.82, 2.24) is 4.90 Å². The number of aryl methyl sites for hydroxylation is 1. The molecule has 0 saturated heterocycles. The van der Waals surface area contributed by atoms with Crippen LogP contribution in [0.4, 0.5) is 0 Å². The molecule has 0 aliphatic heterocycles. The summed E-state index contributed by atoms with van der Waals surface area (Å²) in [6.45, 7) is 4.86. The number of benzene rings is 2. The minimum Gasteiger partial charge on any atom is -0.497 e. The fourth-order valence-corrected chi connectivity index (χ4v) is 2.95. The van der Waals surface area contributed by atoms with E-state index in [1.807, 2.05) is 41.3 Å². The molecule has 4 nitrogen and oxygen atoms in total. The van der Waals surface area contributed by atoms with Crippen LogP contribution >= 0.6 is 0 Å². The van der Waals surface area contributed by atoms with E-state index in [0.29, 0.717) is 19.4 Å². The fourth-order valence-electron chi connectivity index (χ4n) is 2.95. The maximum absolute atomic E-state index is 12.9. The topological polar surface area (TPSA) is 38.8 Å². The van der Waals surface area contributed by atoms with E-state index >= 15 is 0 Å². The first-order valence-corrected chi connectivity index (χ1v) is 9.13. The maximum atomic E-state index is 12.9. The van der Waals surface area contributed by atoms with Crippen LogP contribution in [0, 0.1) is 0 Å². The lowest BCUT2D eigenvalue weighted by molar-refractivity contribution is -0.134. The quantitative estimate of drug-likeness (QED) is 0.666. The Balaban J connectivity index is 2.09. The molecule has 26 heavy (non-hydrogen) atoms. The molecule has 1 unspecified atom stereocenters. The van der Waals surface area contributed by atoms with Crippen molar-refractivity contribution in [2.75, 3.05) is 14.2 Å². The number of hydrogen-bond acceptors (Lipinski definition) is 3. The van der Waals surface area contributed by atoms with Gasteiger partial charge < -0.3 is 14.4 Å². The van der Waals surface area contributed by atoms with Crippen molar-refractivity contribution in [3.05, 3.63) is 59.7 Å². The molecule has 0 aromatic heterocycles. The minimum absolute atomic E-state index is 0.160. The van der Waals surface area contributed by atoms with Gasteiger partial charge in [0.15, 0.2) is 0 Å². The van der Waals surface area contributed by atoms with Crippen LogP contribution in [0.1, 0.15) is 37.8 Å². The Labute approximate surface area is 156 Å². The fraction of sp³-hybridized carbons (Fsp3) is 0.409. The molecule has 0 fully saturated rings. The summed E-state index contributed by atoms with van der Waals surface area (Å²) < 4.78 is 10.7. The average Bonchev–Trinajstić information content (AvgIpc) is 2.70. The third-order valence-electron chi connectivity index (χ3n) is 4.73. The SMILES string of the molecule is CCC(C)N(Cc1ccccc1)C(=O)CCc1cc(OC)ccc1OC. The zero-order valence-corrected chi connectivity index (χ0v) is 16.2. The van der Waals surface area contributed by atoms with Gasteiger partial charge in [-0.2, -0.15) is 0 Å². The molecule has 2 rings (SSSR count). The van der Waals surface area contributed by atoms with Gasteiger partial charge in [-0.15, -0.1) is 0 Å². The van der Waals surface area contributed by atoms with Crippen molar-refractivity contribution < 1.29 is 14.3 Å². The Morgan fingerprint density at radius 3 is 2.42 bits per heavy atom. The second-order valence-electron chi connectivity index (χ2n) is 6.44. The molecule has 4 heteroatoms. The van der Waals surface area contributed by atoms with Crippen LogP contribution in [0.5, 0.6) is 11.5 Å². The van der Waals surface area contributed by atoms with Crippen molar-refractivity contribution in [3.63, 3.8) is 0 Å². The predicted octanol–water partition coefficient (Wildman–Crippen LogP) is 4.46. The molecule has 2 aromatic carbocycles. The Morgan fingerprint density at radius 2 is 1.81 bits per heavy atom. The van der Waals surface area contributed by atoms with Gasteiger partial charge in [0, 0.05) is 19.0 Å². The maximum Gasteiger partial charge on any atom is 0.223 e. The first-order valence-electron chi connectivity index (χ1n) is 9.13. The lowest BCUT2D eigenvalue weighted by Gasteiger charge is -2.29. The number of methoxy groups -OCH3 is 2. The van der Waals surface area contributed by atoms with Crippen molar-refractivity contribution in [2.45, 2.75) is 45.7 Å². The van der Waals surface area contributed by atoms with E-state index in [1.54, 1.807) is 14.2 Å². The Morgan fingerprint density at radius 1 is 1.08 bits per heavy atom. The standard InChI is InChI=1S/C22H29NO3/c1-5-17(2)23(16-18-9-7-6-8-10-18)22(24)14-11-19-15-20(25-3)12-13-21(19)26-4/h6-10,12-13,15,17H,5,11,14,16H2,1-4H3. The molecule has 0 aliphatic carbocycles. The van der Waals surface area contributed by atoms with Crippen LogP contribution in [0.2, 0.25) is 0 Å². The molecule has 1 atom stereocenters. The number of carbonyl (C=O) groups excluding carboxylic acids is 1. The highest BCUT2D eigenvalue weighted by atomic mass is 16.5. The normalized spacial score (nSPS) is 11.7. The van der Waals surface area contributed by atoms with Gasteiger partial charge in [-0.3, -0.25) is 4.79 Å². The van der Waals surface area contributed by atoms with Gasteiger partial charge in [0.25, 0.3) is 0 Å². The number of amides is 1. The summed E-state index contributed by atoms with van der Waals surface area (Å²) in [7, 11) is 3.29. The third-order valence-corrected chi connectivity index (χ3v) is 4.73. The number of hydrogen-bond donors (Lipinski definition) is 0. The van der Waals surface area contributed by atoms with Crippen LogP contribution in [0.25, 0.3) is 0 Å². The van der Waals surface area contributed by atoms with Crippen molar-refractivity contribution in [3.8, 4) is 11.5 Å². The second-order valence-corrected chi connectivity index (χ2v) is 6.44. The van der Waals surface area contributed by atoms with E-state index in [-0.39, 0.29) is 11.9 Å². The molecule has 0 heterocycles. The second kappa shape index (κ2) is 9.85. The van der Waals surface area contributed by atoms with E-state index in [4.69, 9.17) is 9.47 Å². The lowest BCUT2D eigenvalue weighted by atomic mass is 10.1. The van der Waals surface area contributed by atoms with Crippen LogP contribution in [-0.2, 0) is 17.8 Å². The summed E-state index contributed by atoms with van der Waals surface area (Å²) in [6, 6.07) is 16.0. The summed E-state index contributed by atoms with van der Waals surface area (Å²) in [5, 5.41) is 0. The number of nitrogens with zero attached hydrogens (tertiary/aromatic N) is 1. The van der Waals surface area contributed by atoms with E-state index in [2.05, 4.69) is 26.0 Å². The van der Waals surface area contributed by atoms with Gasteiger partial charge in [0.1, 0.15) is 11.5 Å². The van der Waals surface area contributed by atoms with E-state index in [0.717, 1.165) is 29.0 Å². The third kappa shape index (κ3) is 5.25. The molecule has 0 N–H and O–H groups in total. The van der Waals surface area contributed by atoms with Gasteiger partial charge in [-0.05, 0) is 49.1 Å². The van der Waals surface area contributed by atoms with Crippen LogP contribution in [-0.4, -0.2) is 31.1 Å². The van der Waals surface area contributed by atoms with Crippen molar-refractivity contribution in [2.24, 2.45) is 0 Å². The summed E-state index contributed by atoms with van der Waals surface area (Å²) in [5.41, 5.74) is 2.14. The molecule has 1 amide bonds. The first kappa shape index (κ1) is 19.8.